The van der Waals surface area contributed by atoms with Gasteiger partial charge in [-0.25, -0.2) is 0 Å². The van der Waals surface area contributed by atoms with Crippen LogP contribution in [-0.2, 0) is 17.8 Å². The highest BCUT2D eigenvalue weighted by atomic mass is 16.2. The lowest BCUT2D eigenvalue weighted by molar-refractivity contribution is -0.128. The number of nitrogens with two attached hydrogens (primary N) is 1. The molecule has 1 aliphatic heterocycles. The molecule has 19 heavy (non-hydrogen) atoms. The van der Waals surface area contributed by atoms with Gasteiger partial charge in [-0.05, 0) is 11.6 Å². The van der Waals surface area contributed by atoms with Gasteiger partial charge in [0.2, 0.25) is 5.91 Å². The minimum absolute atomic E-state index is 0.147. The van der Waals surface area contributed by atoms with Crippen molar-refractivity contribution in [3.8, 4) is 0 Å². The van der Waals surface area contributed by atoms with Gasteiger partial charge in [-0.15, -0.1) is 0 Å². The molecule has 2 aromatic rings. The van der Waals surface area contributed by atoms with Crippen LogP contribution in [0.4, 0.5) is 5.82 Å². The number of carbonyl (C=O) groups is 2. The van der Waals surface area contributed by atoms with Crippen LogP contribution in [0.25, 0.3) is 0 Å². The molecular weight excluding hydrogens is 244 g/mol. The first-order chi connectivity index (χ1) is 9.16. The van der Waals surface area contributed by atoms with Crippen molar-refractivity contribution < 1.29 is 9.59 Å². The van der Waals surface area contributed by atoms with Gasteiger partial charge in [-0.2, -0.15) is 5.10 Å². The van der Waals surface area contributed by atoms with E-state index in [9.17, 15) is 9.59 Å². The van der Waals surface area contributed by atoms with Crippen LogP contribution in [0, 0.1) is 0 Å². The molecule has 1 aromatic heterocycles. The minimum atomic E-state index is -0.285. The zero-order valence-electron chi connectivity index (χ0n) is 10.1. The van der Waals surface area contributed by atoms with Crippen LogP contribution in [0.1, 0.15) is 21.5 Å². The molecule has 1 aromatic carbocycles. The van der Waals surface area contributed by atoms with Gasteiger partial charge in [-0.3, -0.25) is 19.6 Å². The van der Waals surface area contributed by atoms with E-state index in [0.29, 0.717) is 16.9 Å². The van der Waals surface area contributed by atoms with Crippen LogP contribution in [0.2, 0.25) is 0 Å². The summed E-state index contributed by atoms with van der Waals surface area (Å²) < 4.78 is 0. The van der Waals surface area contributed by atoms with E-state index in [1.165, 1.54) is 11.1 Å². The molecule has 1 aliphatic rings. The topological polar surface area (TPSA) is 92.1 Å². The highest BCUT2D eigenvalue weighted by Gasteiger charge is 2.31. The van der Waals surface area contributed by atoms with Gasteiger partial charge in [0, 0.05) is 11.1 Å². The second kappa shape index (κ2) is 4.24. The summed E-state index contributed by atoms with van der Waals surface area (Å²) in [6.45, 7) is 0.147. The van der Waals surface area contributed by atoms with E-state index >= 15 is 0 Å². The van der Waals surface area contributed by atoms with E-state index in [4.69, 9.17) is 5.73 Å². The first kappa shape index (κ1) is 11.5. The first-order valence-corrected chi connectivity index (χ1v) is 5.87. The molecule has 0 bridgehead atoms. The van der Waals surface area contributed by atoms with Crippen LogP contribution in [-0.4, -0.2) is 26.9 Å². The van der Waals surface area contributed by atoms with E-state index in [1.807, 2.05) is 6.07 Å². The molecule has 0 spiro atoms. The van der Waals surface area contributed by atoms with Crippen LogP contribution >= 0.6 is 0 Å². The number of imide groups is 1. The summed E-state index contributed by atoms with van der Waals surface area (Å²) in [5.41, 5.74) is 7.66. The minimum Gasteiger partial charge on any atom is -0.384 e. The van der Waals surface area contributed by atoms with Gasteiger partial charge in [0.25, 0.3) is 5.91 Å². The summed E-state index contributed by atoms with van der Waals surface area (Å²) in [5, 5.41) is 6.37. The fraction of sp³-hybridized carbons (Fsp3) is 0.154. The Morgan fingerprint density at radius 3 is 2.84 bits per heavy atom. The Balaban J connectivity index is 1.94. The molecular formula is C13H12N4O2. The molecule has 96 valence electrons. The Hall–Kier alpha value is -2.63. The molecule has 3 rings (SSSR count). The molecule has 6 heteroatoms. The molecule has 0 atom stereocenters. The molecule has 2 amide bonds. The number of carbonyl (C=O) groups excluding carboxylic acids is 2. The van der Waals surface area contributed by atoms with Crippen LogP contribution in [0.5, 0.6) is 0 Å². The molecule has 0 fully saturated rings. The zero-order chi connectivity index (χ0) is 13.4. The number of nitrogens with one attached hydrogen (secondary N) is 1. The summed E-state index contributed by atoms with van der Waals surface area (Å²) in [7, 11) is 0. The lowest BCUT2D eigenvalue weighted by atomic mass is 9.98. The molecule has 2 heterocycles. The SMILES string of the molecule is Nc1[nH]ncc1CN1C(=O)Cc2ccccc2C1=O. The van der Waals surface area contributed by atoms with Crippen LogP contribution in [0.3, 0.4) is 0 Å². The van der Waals surface area contributed by atoms with E-state index in [1.54, 1.807) is 18.2 Å². The predicted molar refractivity (Wildman–Crippen MR) is 68.0 cm³/mol. The van der Waals surface area contributed by atoms with Crippen molar-refractivity contribution >= 4 is 17.6 Å². The van der Waals surface area contributed by atoms with Crippen molar-refractivity contribution in [3.05, 3.63) is 47.2 Å². The Morgan fingerprint density at radius 1 is 1.32 bits per heavy atom. The quantitative estimate of drug-likeness (QED) is 0.774. The standard InChI is InChI=1S/C13H12N4O2/c14-12-9(6-15-16-12)7-17-11(18)5-8-3-1-2-4-10(8)13(17)19/h1-4,6H,5,7H2,(H3,14,15,16). The number of amides is 2. The van der Waals surface area contributed by atoms with Crippen molar-refractivity contribution in [1.82, 2.24) is 15.1 Å². The number of fused-ring (bicyclic) bond motifs is 1. The van der Waals surface area contributed by atoms with Gasteiger partial charge in [0.05, 0.1) is 19.2 Å². The number of H-pyrrole nitrogens is 1. The van der Waals surface area contributed by atoms with Gasteiger partial charge in [0.15, 0.2) is 0 Å². The monoisotopic (exact) mass is 256 g/mol. The van der Waals surface area contributed by atoms with Crippen molar-refractivity contribution in [3.63, 3.8) is 0 Å². The average molecular weight is 256 g/mol. The van der Waals surface area contributed by atoms with Crippen LogP contribution in [0.15, 0.2) is 30.5 Å². The number of nitrogen functional groups attached to an aromatic ring is 1. The Morgan fingerprint density at radius 2 is 2.11 bits per heavy atom. The highest BCUT2D eigenvalue weighted by molar-refractivity contribution is 6.09. The molecule has 6 nitrogen and oxygen atoms in total. The van der Waals surface area contributed by atoms with Crippen molar-refractivity contribution in [2.45, 2.75) is 13.0 Å². The van der Waals surface area contributed by atoms with Crippen molar-refractivity contribution in [2.24, 2.45) is 0 Å². The average Bonchev–Trinajstić information content (AvgIpc) is 2.80. The van der Waals surface area contributed by atoms with E-state index in [2.05, 4.69) is 10.2 Å². The predicted octanol–water partition coefficient (Wildman–Crippen LogP) is 0.717. The number of hydrogen-bond acceptors (Lipinski definition) is 4. The maximum atomic E-state index is 12.3. The Bertz CT molecular complexity index is 662. The van der Waals surface area contributed by atoms with Crippen molar-refractivity contribution in [1.29, 1.82) is 0 Å². The fourth-order valence-corrected chi connectivity index (χ4v) is 2.18. The van der Waals surface area contributed by atoms with Gasteiger partial charge < -0.3 is 5.73 Å². The van der Waals surface area contributed by atoms with E-state index in [-0.39, 0.29) is 24.8 Å². The summed E-state index contributed by atoms with van der Waals surface area (Å²) >= 11 is 0. The molecule has 3 N–H and O–H groups in total. The first-order valence-electron chi connectivity index (χ1n) is 5.87. The zero-order valence-corrected chi connectivity index (χ0v) is 10.1. The van der Waals surface area contributed by atoms with Crippen molar-refractivity contribution in [2.75, 3.05) is 5.73 Å². The van der Waals surface area contributed by atoms with Crippen LogP contribution < -0.4 is 5.73 Å². The lowest BCUT2D eigenvalue weighted by Crippen LogP contribution is -2.41. The maximum Gasteiger partial charge on any atom is 0.261 e. The highest BCUT2D eigenvalue weighted by Crippen LogP contribution is 2.22. The third kappa shape index (κ3) is 1.87. The largest absolute Gasteiger partial charge is 0.384 e. The van der Waals surface area contributed by atoms with Gasteiger partial charge >= 0.3 is 0 Å². The normalized spacial score (nSPS) is 14.6. The van der Waals surface area contributed by atoms with E-state index in [0.717, 1.165) is 5.56 Å². The van der Waals surface area contributed by atoms with Gasteiger partial charge in [0.1, 0.15) is 5.82 Å². The van der Waals surface area contributed by atoms with E-state index < -0.39 is 0 Å². The number of hydrogen-bond donors (Lipinski definition) is 2. The summed E-state index contributed by atoms with van der Waals surface area (Å²) in [6, 6.07) is 7.14. The third-order valence-corrected chi connectivity index (χ3v) is 3.22. The second-order valence-electron chi connectivity index (χ2n) is 4.43. The number of benzene rings is 1. The number of aromatic nitrogens is 2. The number of rotatable bonds is 2. The molecule has 0 unspecified atom stereocenters. The lowest BCUT2D eigenvalue weighted by Gasteiger charge is -2.26. The number of aromatic amines is 1. The molecule has 0 radical (unpaired) electrons. The summed E-state index contributed by atoms with van der Waals surface area (Å²) in [5.74, 6) is -0.129. The number of nitrogens with zero attached hydrogens (tertiary/aromatic N) is 2. The smallest absolute Gasteiger partial charge is 0.261 e. The molecule has 0 aliphatic carbocycles. The third-order valence-electron chi connectivity index (χ3n) is 3.22. The summed E-state index contributed by atoms with van der Waals surface area (Å²) in [4.78, 5) is 25.5. The maximum absolute atomic E-state index is 12.3. The Labute approximate surface area is 109 Å². The fourth-order valence-electron chi connectivity index (χ4n) is 2.18. The van der Waals surface area contributed by atoms with Gasteiger partial charge in [-0.1, -0.05) is 18.2 Å². The molecule has 0 saturated carbocycles. The number of anilines is 1. The molecule has 0 saturated heterocycles. The Kier molecular flexibility index (Phi) is 2.56. The second-order valence-corrected chi connectivity index (χ2v) is 4.43. The summed E-state index contributed by atoms with van der Waals surface area (Å²) in [6.07, 6.45) is 1.76.